The number of fused-ring (bicyclic) bond motifs is 3. The maximum Gasteiger partial charge on any atom is 0.359 e. The van der Waals surface area contributed by atoms with Crippen LogP contribution in [0.5, 0.6) is 11.5 Å². The highest BCUT2D eigenvalue weighted by atomic mass is 19.3. The van der Waals surface area contributed by atoms with Gasteiger partial charge in [-0.2, -0.15) is 8.78 Å². The molecule has 0 radical (unpaired) electrons. The molecule has 1 saturated heterocycles. The quantitative estimate of drug-likeness (QED) is 0.373. The first-order valence-corrected chi connectivity index (χ1v) is 12.2. The molecule has 7 rings (SSSR count). The molecule has 1 fully saturated rings. The van der Waals surface area contributed by atoms with Crippen molar-refractivity contribution in [1.82, 2.24) is 9.58 Å². The van der Waals surface area contributed by atoms with E-state index in [-0.39, 0.29) is 53.6 Å². The summed E-state index contributed by atoms with van der Waals surface area (Å²) in [6.45, 7) is -1.36. The van der Waals surface area contributed by atoms with E-state index in [9.17, 15) is 19.1 Å². The number of benzene rings is 2. The number of hydrogen-bond donors (Lipinski definition) is 1. The largest absolute Gasteiger partial charge is 0.502 e. The van der Waals surface area contributed by atoms with Gasteiger partial charge in [0.2, 0.25) is 5.43 Å². The number of aromatic nitrogens is 1. The van der Waals surface area contributed by atoms with Crippen LogP contribution in [0.3, 0.4) is 0 Å². The highest BCUT2D eigenvalue weighted by molar-refractivity contribution is 5.96. The Morgan fingerprint density at radius 1 is 1.05 bits per heavy atom. The van der Waals surface area contributed by atoms with Crippen LogP contribution in [0.1, 0.15) is 33.2 Å². The maximum atomic E-state index is 15.4. The molecular formula is C26H20F4N4O5. The summed E-state index contributed by atoms with van der Waals surface area (Å²) >= 11 is 0. The van der Waals surface area contributed by atoms with E-state index in [4.69, 9.17) is 9.47 Å². The van der Waals surface area contributed by atoms with E-state index in [0.717, 1.165) is 12.1 Å². The number of halogens is 4. The van der Waals surface area contributed by atoms with E-state index in [1.807, 2.05) is 0 Å². The zero-order valence-corrected chi connectivity index (χ0v) is 20.1. The van der Waals surface area contributed by atoms with Crippen molar-refractivity contribution in [3.05, 3.63) is 86.8 Å². The van der Waals surface area contributed by atoms with E-state index >= 15 is 13.2 Å². The molecule has 0 spiro atoms. The molecule has 2 atom stereocenters. The van der Waals surface area contributed by atoms with Gasteiger partial charge in [0.25, 0.3) is 5.91 Å². The van der Waals surface area contributed by atoms with E-state index in [1.54, 1.807) is 17.1 Å². The summed E-state index contributed by atoms with van der Waals surface area (Å²) in [7, 11) is 0. The lowest BCUT2D eigenvalue weighted by molar-refractivity contribution is -0.0541. The number of rotatable bonds is 1. The minimum absolute atomic E-state index is 0.0123. The smallest absolute Gasteiger partial charge is 0.359 e. The predicted molar refractivity (Wildman–Crippen MR) is 127 cm³/mol. The van der Waals surface area contributed by atoms with Crippen molar-refractivity contribution in [1.29, 1.82) is 0 Å². The second kappa shape index (κ2) is 8.12. The molecule has 1 unspecified atom stereocenters. The monoisotopic (exact) mass is 544 g/mol. The van der Waals surface area contributed by atoms with Crippen LogP contribution >= 0.6 is 0 Å². The summed E-state index contributed by atoms with van der Waals surface area (Å²) in [4.78, 5) is 27.9. The third-order valence-electron chi connectivity index (χ3n) is 7.67. The van der Waals surface area contributed by atoms with Crippen LogP contribution in [0, 0.1) is 11.6 Å². The predicted octanol–water partition coefficient (Wildman–Crippen LogP) is 2.68. The SMILES string of the molecule is O=C1c2c(O)c(=O)ccn2N(C2c3ccc(F)c(F)c3CN3c4c(cccc42)OCC3(F)F)[C@@H]2COCCN12. The van der Waals surface area contributed by atoms with Crippen molar-refractivity contribution in [2.45, 2.75) is 24.8 Å². The molecule has 1 N–H and O–H groups in total. The summed E-state index contributed by atoms with van der Waals surface area (Å²) in [5.41, 5.74) is -1.00. The van der Waals surface area contributed by atoms with Gasteiger partial charge >= 0.3 is 6.05 Å². The number of carbonyl (C=O) groups is 1. The van der Waals surface area contributed by atoms with Gasteiger partial charge in [-0.05, 0) is 17.7 Å². The zero-order chi connectivity index (χ0) is 27.2. The van der Waals surface area contributed by atoms with Crippen LogP contribution in [-0.4, -0.2) is 59.2 Å². The first-order chi connectivity index (χ1) is 18.7. The van der Waals surface area contributed by atoms with Gasteiger partial charge in [0.1, 0.15) is 18.0 Å². The Kier molecular flexibility index (Phi) is 4.96. The normalized spacial score (nSPS) is 22.8. The van der Waals surface area contributed by atoms with Crippen molar-refractivity contribution in [3.8, 4) is 11.5 Å². The molecule has 5 heterocycles. The number of hydrogen-bond acceptors (Lipinski definition) is 7. The molecule has 1 amide bonds. The molecule has 4 aliphatic rings. The van der Waals surface area contributed by atoms with Crippen molar-refractivity contribution in [3.63, 3.8) is 0 Å². The molecule has 0 bridgehead atoms. The summed E-state index contributed by atoms with van der Waals surface area (Å²) in [6, 6.07) is 3.33. The number of alkyl halides is 2. The van der Waals surface area contributed by atoms with Crippen LogP contribution < -0.4 is 20.1 Å². The fourth-order valence-corrected chi connectivity index (χ4v) is 5.93. The standard InChI is InChI=1S/C26H20F4N4O5/c27-16-5-4-13-15(20(16)28)10-32-22-14(2-1-3-18(22)39-12-26(32,29)30)21(13)34-19-11-38-9-8-31(19)25(37)23-24(36)17(35)6-7-33(23)34/h1-7,19,21,36H,8-12H2/t19-,21?/m1/s1. The van der Waals surface area contributed by atoms with Crippen LogP contribution in [0.25, 0.3) is 0 Å². The van der Waals surface area contributed by atoms with Gasteiger partial charge in [-0.15, -0.1) is 0 Å². The number of pyridine rings is 1. The van der Waals surface area contributed by atoms with Crippen LogP contribution in [0.2, 0.25) is 0 Å². The van der Waals surface area contributed by atoms with E-state index in [2.05, 4.69) is 0 Å². The maximum absolute atomic E-state index is 15.4. The molecule has 4 aliphatic heterocycles. The van der Waals surface area contributed by atoms with Gasteiger partial charge in [-0.1, -0.05) is 18.2 Å². The number of carbonyl (C=O) groups excluding carboxylic acids is 1. The van der Waals surface area contributed by atoms with Gasteiger partial charge in [0.05, 0.1) is 25.4 Å². The number of anilines is 1. The molecule has 202 valence electrons. The van der Waals surface area contributed by atoms with Crippen molar-refractivity contribution in [2.75, 3.05) is 36.3 Å². The summed E-state index contributed by atoms with van der Waals surface area (Å²) in [6.07, 6.45) is 0.434. The summed E-state index contributed by atoms with van der Waals surface area (Å²) in [5, 5.41) is 12.2. The second-order valence-electron chi connectivity index (χ2n) is 9.72. The average Bonchev–Trinajstić information content (AvgIpc) is 3.07. The Hall–Kier alpha value is -4.26. The fourth-order valence-electron chi connectivity index (χ4n) is 5.93. The van der Waals surface area contributed by atoms with Gasteiger partial charge in [-0.25, -0.2) is 8.78 Å². The number of nitrogens with zero attached hydrogens (tertiary/aromatic N) is 4. The van der Waals surface area contributed by atoms with Gasteiger partial charge in [0.15, 0.2) is 29.7 Å². The summed E-state index contributed by atoms with van der Waals surface area (Å²) in [5.74, 6) is -3.76. The Morgan fingerprint density at radius 2 is 1.87 bits per heavy atom. The molecule has 0 saturated carbocycles. The molecule has 39 heavy (non-hydrogen) atoms. The molecule has 9 nitrogen and oxygen atoms in total. The number of morpholine rings is 1. The Labute approximate surface area is 217 Å². The van der Waals surface area contributed by atoms with Crippen LogP contribution in [0.4, 0.5) is 23.2 Å². The fraction of sp³-hybridized carbons (Fsp3) is 0.308. The van der Waals surface area contributed by atoms with E-state index in [0.29, 0.717) is 4.90 Å². The number of amides is 1. The zero-order valence-electron chi connectivity index (χ0n) is 20.1. The first kappa shape index (κ1) is 23.8. The second-order valence-corrected chi connectivity index (χ2v) is 9.72. The molecule has 2 aromatic carbocycles. The lowest BCUT2D eigenvalue weighted by atomic mass is 9.92. The highest BCUT2D eigenvalue weighted by Crippen LogP contribution is 2.51. The summed E-state index contributed by atoms with van der Waals surface area (Å²) < 4.78 is 73.0. The number of ether oxygens (including phenoxy) is 2. The third kappa shape index (κ3) is 3.22. The van der Waals surface area contributed by atoms with Crippen molar-refractivity contribution < 1.29 is 36.9 Å². The van der Waals surface area contributed by atoms with Crippen LogP contribution in [-0.2, 0) is 11.3 Å². The molecule has 13 heteroatoms. The van der Waals surface area contributed by atoms with Gasteiger partial charge < -0.3 is 24.4 Å². The lowest BCUT2D eigenvalue weighted by Crippen LogP contribution is -2.66. The number of para-hydroxylation sites is 1. The topological polar surface area (TPSA) is 87.5 Å². The van der Waals surface area contributed by atoms with E-state index < -0.39 is 60.1 Å². The lowest BCUT2D eigenvalue weighted by Gasteiger charge is -2.51. The minimum Gasteiger partial charge on any atom is -0.502 e. The Balaban J connectivity index is 1.57. The molecular weight excluding hydrogens is 524 g/mol. The highest BCUT2D eigenvalue weighted by Gasteiger charge is 2.51. The number of aromatic hydroxyl groups is 1. The minimum atomic E-state index is -3.55. The van der Waals surface area contributed by atoms with Gasteiger partial charge in [0, 0.05) is 29.9 Å². The van der Waals surface area contributed by atoms with Crippen molar-refractivity contribution in [2.24, 2.45) is 0 Å². The molecule has 1 aromatic heterocycles. The van der Waals surface area contributed by atoms with Crippen LogP contribution in [0.15, 0.2) is 47.4 Å². The third-order valence-corrected chi connectivity index (χ3v) is 7.67. The average molecular weight is 544 g/mol. The van der Waals surface area contributed by atoms with Crippen molar-refractivity contribution >= 4 is 11.6 Å². The first-order valence-electron chi connectivity index (χ1n) is 12.2. The molecule has 0 aliphatic carbocycles. The van der Waals surface area contributed by atoms with Gasteiger partial charge in [-0.3, -0.25) is 19.3 Å². The Bertz CT molecular complexity index is 1610. The van der Waals surface area contributed by atoms with E-state index in [1.165, 1.54) is 27.9 Å². The molecule has 3 aromatic rings. The Morgan fingerprint density at radius 3 is 2.69 bits per heavy atom.